The molecular formula is C24H26F2N4O2S. The first kappa shape index (κ1) is 23.1. The quantitative estimate of drug-likeness (QED) is 0.489. The topological polar surface area (TPSA) is 88.0 Å². The van der Waals surface area contributed by atoms with Gasteiger partial charge < -0.3 is 10.1 Å². The van der Waals surface area contributed by atoms with Crippen molar-refractivity contribution in [3.8, 4) is 17.0 Å². The van der Waals surface area contributed by atoms with E-state index >= 15 is 0 Å². The third kappa shape index (κ3) is 6.25. The van der Waals surface area contributed by atoms with Crippen molar-refractivity contribution in [3.05, 3.63) is 65.4 Å². The predicted molar refractivity (Wildman–Crippen MR) is 125 cm³/mol. The number of fused-ring (bicyclic) bond motifs is 7. The zero-order valence-corrected chi connectivity index (χ0v) is 19.2. The van der Waals surface area contributed by atoms with Crippen LogP contribution >= 0.6 is 0 Å². The summed E-state index contributed by atoms with van der Waals surface area (Å²) >= 11 is 0. The molecule has 1 aliphatic rings. The molecule has 6 nitrogen and oxygen atoms in total. The highest BCUT2D eigenvalue weighted by atomic mass is 32.2. The second-order valence-corrected chi connectivity index (χ2v) is 10.6. The molecular weight excluding hydrogens is 446 g/mol. The molecule has 0 amide bonds. The van der Waals surface area contributed by atoms with Gasteiger partial charge in [-0.3, -0.25) is 4.78 Å². The first-order valence-corrected chi connectivity index (χ1v) is 13.0. The molecule has 4 rings (SSSR count). The second-order valence-electron chi connectivity index (χ2n) is 8.35. The van der Waals surface area contributed by atoms with Gasteiger partial charge in [-0.15, -0.1) is 0 Å². The Kier molecular flexibility index (Phi) is 6.88. The zero-order valence-electron chi connectivity index (χ0n) is 18.4. The summed E-state index contributed by atoms with van der Waals surface area (Å²) in [7, 11) is -2.76. The molecule has 1 aromatic heterocycles. The highest BCUT2D eigenvalue weighted by Gasteiger charge is 2.14. The van der Waals surface area contributed by atoms with Crippen molar-refractivity contribution in [2.45, 2.75) is 37.9 Å². The first-order chi connectivity index (χ1) is 15.8. The lowest BCUT2D eigenvalue weighted by Crippen LogP contribution is -2.04. The largest absolute Gasteiger partial charge is 0.494 e. The van der Waals surface area contributed by atoms with Crippen LogP contribution in [0.3, 0.4) is 0 Å². The minimum absolute atomic E-state index is 0.0762. The monoisotopic (exact) mass is 472 g/mol. The lowest BCUT2D eigenvalue weighted by atomic mass is 10.0. The zero-order chi connectivity index (χ0) is 23.4. The van der Waals surface area contributed by atoms with Gasteiger partial charge in [0.2, 0.25) is 5.95 Å². The molecule has 0 saturated carbocycles. The number of nitrogens with zero attached hydrogens (tertiary/aromatic N) is 2. The van der Waals surface area contributed by atoms with Gasteiger partial charge in [0.25, 0.3) is 0 Å². The molecule has 0 radical (unpaired) electrons. The Labute approximate surface area is 192 Å². The maximum absolute atomic E-state index is 14.6. The summed E-state index contributed by atoms with van der Waals surface area (Å²) in [4.78, 5) is 8.36. The van der Waals surface area contributed by atoms with Crippen LogP contribution in [0, 0.1) is 16.4 Å². The number of ether oxygens (including phenoxy) is 1. The molecule has 174 valence electrons. The number of halogens is 2. The Hall–Kier alpha value is -3.07. The Balaban J connectivity index is 1.75. The molecule has 2 aromatic carbocycles. The maximum atomic E-state index is 14.6. The fourth-order valence-corrected chi connectivity index (χ4v) is 4.65. The van der Waals surface area contributed by atoms with E-state index in [0.29, 0.717) is 41.2 Å². The minimum atomic E-state index is -2.76. The lowest BCUT2D eigenvalue weighted by molar-refractivity contribution is 0.304. The molecule has 6 bridgehead atoms. The molecule has 0 aliphatic carbocycles. The summed E-state index contributed by atoms with van der Waals surface area (Å²) in [6.45, 7) is 0.506. The van der Waals surface area contributed by atoms with Gasteiger partial charge in [-0.05, 0) is 60.7 Å². The van der Waals surface area contributed by atoms with E-state index in [0.717, 1.165) is 31.9 Å². The SMILES string of the molecule is CS(=N)(=O)Cc1cc2cc(c1)OCCCCCCc1cc(ccc1F)-c1nc(ncc1F)N2. The van der Waals surface area contributed by atoms with E-state index in [4.69, 9.17) is 9.52 Å². The maximum Gasteiger partial charge on any atom is 0.227 e. The van der Waals surface area contributed by atoms with Crippen LogP contribution in [0.4, 0.5) is 20.4 Å². The average Bonchev–Trinajstić information content (AvgIpc) is 2.74. The Morgan fingerprint density at radius 2 is 1.91 bits per heavy atom. The number of hydrogen-bond acceptors (Lipinski definition) is 6. The van der Waals surface area contributed by atoms with Crippen molar-refractivity contribution < 1.29 is 17.7 Å². The van der Waals surface area contributed by atoms with Crippen LogP contribution in [0.5, 0.6) is 5.75 Å². The van der Waals surface area contributed by atoms with E-state index in [2.05, 4.69) is 15.3 Å². The number of benzene rings is 2. The van der Waals surface area contributed by atoms with Crippen LogP contribution in [-0.4, -0.2) is 27.0 Å². The molecule has 3 aromatic rings. The third-order valence-corrected chi connectivity index (χ3v) is 6.22. The number of aromatic nitrogens is 2. The Bertz CT molecular complexity index is 1270. The lowest BCUT2D eigenvalue weighted by Gasteiger charge is -2.13. The molecule has 1 atom stereocenters. The van der Waals surface area contributed by atoms with Gasteiger partial charge in [-0.25, -0.2) is 23.0 Å². The molecule has 2 N–H and O–H groups in total. The van der Waals surface area contributed by atoms with Crippen LogP contribution < -0.4 is 10.1 Å². The Morgan fingerprint density at radius 3 is 2.73 bits per heavy atom. The molecule has 1 aliphatic heterocycles. The first-order valence-electron chi connectivity index (χ1n) is 10.8. The third-order valence-electron chi connectivity index (χ3n) is 5.34. The average molecular weight is 473 g/mol. The number of hydrogen-bond donors (Lipinski definition) is 2. The van der Waals surface area contributed by atoms with Gasteiger partial charge in [0.15, 0.2) is 5.82 Å². The van der Waals surface area contributed by atoms with E-state index in [1.807, 2.05) is 0 Å². The number of nitrogens with one attached hydrogen (secondary N) is 2. The standard InChI is InChI=1S/C24H26F2N4O2S/c1-33(27,31)15-16-10-19-13-20(11-16)32-9-5-3-2-4-6-17-12-18(7-8-21(17)25)23-22(26)14-28-24(29-19)30-23/h7-8,10-14,27H,2-6,9,15H2,1H3,(H,28,29,30). The van der Waals surface area contributed by atoms with Crippen LogP contribution in [-0.2, 0) is 21.9 Å². The van der Waals surface area contributed by atoms with Crippen molar-refractivity contribution in [2.24, 2.45) is 0 Å². The van der Waals surface area contributed by atoms with Gasteiger partial charge in [-0.2, -0.15) is 0 Å². The van der Waals surface area contributed by atoms with E-state index in [1.54, 1.807) is 24.3 Å². The summed E-state index contributed by atoms with van der Waals surface area (Å²) in [6, 6.07) is 9.81. The smallest absolute Gasteiger partial charge is 0.227 e. The van der Waals surface area contributed by atoms with E-state index in [9.17, 15) is 13.0 Å². The highest BCUT2D eigenvalue weighted by molar-refractivity contribution is 7.90. The molecule has 0 spiro atoms. The van der Waals surface area contributed by atoms with E-state index < -0.39 is 15.5 Å². The summed E-state index contributed by atoms with van der Waals surface area (Å²) in [5.41, 5.74) is 2.36. The van der Waals surface area contributed by atoms with Gasteiger partial charge in [0.05, 0.1) is 18.6 Å². The molecule has 0 saturated heterocycles. The van der Waals surface area contributed by atoms with Crippen LogP contribution in [0.2, 0.25) is 0 Å². The predicted octanol–water partition coefficient (Wildman–Crippen LogP) is 5.84. The van der Waals surface area contributed by atoms with Crippen molar-refractivity contribution in [3.63, 3.8) is 0 Å². The van der Waals surface area contributed by atoms with Gasteiger partial charge in [0, 0.05) is 33.3 Å². The second kappa shape index (κ2) is 9.82. The van der Waals surface area contributed by atoms with Crippen molar-refractivity contribution >= 4 is 21.4 Å². The van der Waals surface area contributed by atoms with Crippen molar-refractivity contribution in [1.82, 2.24) is 9.97 Å². The number of anilines is 2. The fraction of sp³-hybridized carbons (Fsp3) is 0.333. The molecule has 2 heterocycles. The van der Waals surface area contributed by atoms with Crippen LogP contribution in [0.1, 0.15) is 36.8 Å². The highest BCUT2D eigenvalue weighted by Crippen LogP contribution is 2.28. The summed E-state index contributed by atoms with van der Waals surface area (Å²) in [6.07, 6.45) is 6.53. The van der Waals surface area contributed by atoms with Gasteiger partial charge in [0.1, 0.15) is 17.3 Å². The molecule has 9 heteroatoms. The van der Waals surface area contributed by atoms with Gasteiger partial charge >= 0.3 is 0 Å². The summed E-state index contributed by atoms with van der Waals surface area (Å²) in [5.74, 6) is -0.0916. The fourth-order valence-electron chi connectivity index (χ4n) is 3.85. The van der Waals surface area contributed by atoms with Crippen LogP contribution in [0.25, 0.3) is 11.3 Å². The molecule has 0 fully saturated rings. The van der Waals surface area contributed by atoms with Crippen LogP contribution in [0.15, 0.2) is 42.6 Å². The van der Waals surface area contributed by atoms with E-state index in [1.165, 1.54) is 18.4 Å². The molecule has 33 heavy (non-hydrogen) atoms. The minimum Gasteiger partial charge on any atom is -0.494 e. The normalized spacial score (nSPS) is 16.1. The number of rotatable bonds is 2. The Morgan fingerprint density at radius 1 is 1.09 bits per heavy atom. The summed E-state index contributed by atoms with van der Waals surface area (Å²) in [5, 5.41) is 3.05. The van der Waals surface area contributed by atoms with Crippen molar-refractivity contribution in [1.29, 1.82) is 4.78 Å². The van der Waals surface area contributed by atoms with Gasteiger partial charge in [-0.1, -0.05) is 12.8 Å². The molecule has 1 unspecified atom stereocenters. The van der Waals surface area contributed by atoms with E-state index in [-0.39, 0.29) is 23.2 Å². The summed E-state index contributed by atoms with van der Waals surface area (Å²) < 4.78 is 54.6. The number of aryl methyl sites for hydroxylation is 1. The van der Waals surface area contributed by atoms with Crippen molar-refractivity contribution in [2.75, 3.05) is 18.2 Å².